The highest BCUT2D eigenvalue weighted by Crippen LogP contribution is 2.45. The fourth-order valence-corrected chi connectivity index (χ4v) is 7.22. The van der Waals surface area contributed by atoms with Crippen molar-refractivity contribution < 1.29 is 14.6 Å². The smallest absolute Gasteiger partial charge is 0.337 e. The van der Waals surface area contributed by atoms with Gasteiger partial charge in [0, 0.05) is 29.2 Å². The van der Waals surface area contributed by atoms with Gasteiger partial charge in [-0.15, -0.1) is 0 Å². The first-order chi connectivity index (χ1) is 17.1. The first-order valence-corrected chi connectivity index (χ1v) is 14.2. The Morgan fingerprint density at radius 1 is 1.17 bits per heavy atom. The summed E-state index contributed by atoms with van der Waals surface area (Å²) >= 11 is 7.89. The average Bonchev–Trinajstić information content (AvgIpc) is 3.25. The lowest BCUT2D eigenvalue weighted by molar-refractivity contribution is -0.160. The number of carbonyl (C=O) groups is 1. The number of halogens is 1. The van der Waals surface area contributed by atoms with E-state index in [1.165, 1.54) is 32.1 Å². The third-order valence-electron chi connectivity index (χ3n) is 7.57. The van der Waals surface area contributed by atoms with Crippen molar-refractivity contribution in [1.82, 2.24) is 4.98 Å². The van der Waals surface area contributed by atoms with Gasteiger partial charge in [-0.05, 0) is 81.7 Å². The fourth-order valence-electron chi connectivity index (χ4n) is 5.94. The average molecular weight is 527 g/mol. The molecule has 0 radical (unpaired) electrons. The molecular formula is C29H35ClN2O3S. The summed E-state index contributed by atoms with van der Waals surface area (Å²) in [6, 6.07) is 9.65. The van der Waals surface area contributed by atoms with Crippen LogP contribution in [0.3, 0.4) is 0 Å². The van der Waals surface area contributed by atoms with Gasteiger partial charge >= 0.3 is 5.97 Å². The molecule has 1 saturated carbocycles. The van der Waals surface area contributed by atoms with E-state index in [1.807, 2.05) is 58.0 Å². The first kappa shape index (κ1) is 25.5. The number of aryl methyl sites for hydroxylation is 1. The van der Waals surface area contributed by atoms with Crippen LogP contribution in [-0.4, -0.2) is 34.8 Å². The summed E-state index contributed by atoms with van der Waals surface area (Å²) in [4.78, 5) is 20.1. The number of thiazole rings is 1. The van der Waals surface area contributed by atoms with Crippen molar-refractivity contribution >= 4 is 44.3 Å². The summed E-state index contributed by atoms with van der Waals surface area (Å²) in [5, 5.41) is 11.9. The third-order valence-corrected chi connectivity index (χ3v) is 8.97. The zero-order valence-corrected chi connectivity index (χ0v) is 23.1. The Hall–Kier alpha value is -2.15. The van der Waals surface area contributed by atoms with E-state index in [1.54, 1.807) is 11.3 Å². The van der Waals surface area contributed by atoms with Gasteiger partial charge in [-0.25, -0.2) is 9.78 Å². The van der Waals surface area contributed by atoms with Crippen LogP contribution in [0.5, 0.6) is 0 Å². The predicted octanol–water partition coefficient (Wildman–Crippen LogP) is 7.88. The number of nitrogens with zero attached hydrogens (tertiary/aromatic N) is 2. The van der Waals surface area contributed by atoms with E-state index in [0.717, 1.165) is 57.0 Å². The summed E-state index contributed by atoms with van der Waals surface area (Å²) in [6.07, 6.45) is 5.53. The quantitative estimate of drug-likeness (QED) is 0.366. The Morgan fingerprint density at radius 2 is 1.86 bits per heavy atom. The highest BCUT2D eigenvalue weighted by Gasteiger charge is 2.34. The van der Waals surface area contributed by atoms with E-state index >= 15 is 0 Å². The zero-order chi connectivity index (χ0) is 25.6. The lowest BCUT2D eigenvalue weighted by Crippen LogP contribution is -2.41. The minimum Gasteiger partial charge on any atom is -0.479 e. The third kappa shape index (κ3) is 5.13. The topological polar surface area (TPSA) is 62.7 Å². The maximum Gasteiger partial charge on any atom is 0.337 e. The van der Waals surface area contributed by atoms with Crippen LogP contribution >= 0.6 is 22.9 Å². The molecule has 1 saturated heterocycles. The van der Waals surface area contributed by atoms with Crippen molar-refractivity contribution in [3.05, 3.63) is 46.5 Å². The van der Waals surface area contributed by atoms with Crippen molar-refractivity contribution in [2.45, 2.75) is 71.5 Å². The Labute approximate surface area is 222 Å². The number of hydrogen-bond donors (Lipinski definition) is 1. The summed E-state index contributed by atoms with van der Waals surface area (Å²) in [7, 11) is 0. The zero-order valence-electron chi connectivity index (χ0n) is 21.5. The number of carboxylic acid groups (broad SMARTS) is 1. The number of fused-ring (bicyclic) bond motifs is 2. The van der Waals surface area contributed by atoms with Crippen molar-refractivity contribution in [2.75, 3.05) is 18.0 Å². The molecule has 1 N–H and O–H groups in total. The summed E-state index contributed by atoms with van der Waals surface area (Å²) < 4.78 is 7.13. The standard InChI is InChI=1S/C29H35ClN2O3S/c1-17-15-22-26(36-28(31-22)32-14-13-18-7-5-6-8-20(18)16-32)24(19-9-11-21(30)12-10-19)23(17)25(27(33)34)35-29(2,3)4/h9-12,15,18,20,25H,5-8,13-14,16H2,1-4H3,(H,33,34). The monoisotopic (exact) mass is 526 g/mol. The molecule has 1 aliphatic carbocycles. The molecule has 5 rings (SSSR count). The maximum atomic E-state index is 12.5. The van der Waals surface area contributed by atoms with Crippen LogP contribution in [0.25, 0.3) is 21.3 Å². The largest absolute Gasteiger partial charge is 0.479 e. The molecule has 36 heavy (non-hydrogen) atoms. The van der Waals surface area contributed by atoms with Gasteiger partial charge in [0.15, 0.2) is 11.2 Å². The van der Waals surface area contributed by atoms with Crippen molar-refractivity contribution in [3.63, 3.8) is 0 Å². The Bertz CT molecular complexity index is 1260. The summed E-state index contributed by atoms with van der Waals surface area (Å²) in [6.45, 7) is 9.73. The number of aromatic nitrogens is 1. The van der Waals surface area contributed by atoms with Crippen molar-refractivity contribution in [1.29, 1.82) is 0 Å². The molecule has 2 fully saturated rings. The van der Waals surface area contributed by atoms with Crippen molar-refractivity contribution in [3.8, 4) is 11.1 Å². The molecule has 1 aliphatic heterocycles. The molecule has 0 spiro atoms. The van der Waals surface area contributed by atoms with Gasteiger partial charge in [0.25, 0.3) is 0 Å². The number of hydrogen-bond acceptors (Lipinski definition) is 5. The molecule has 7 heteroatoms. The number of ether oxygens (including phenoxy) is 1. The summed E-state index contributed by atoms with van der Waals surface area (Å²) in [5.41, 5.74) is 3.65. The molecule has 1 aromatic heterocycles. The molecule has 2 aliphatic rings. The number of carboxylic acids is 1. The fraction of sp³-hybridized carbons (Fsp3) is 0.517. The molecule has 2 heterocycles. The van der Waals surface area contributed by atoms with Crippen LogP contribution in [-0.2, 0) is 9.53 Å². The van der Waals surface area contributed by atoms with Crippen LogP contribution < -0.4 is 4.90 Å². The molecular weight excluding hydrogens is 492 g/mol. The van der Waals surface area contributed by atoms with Gasteiger partial charge in [-0.1, -0.05) is 54.3 Å². The second-order valence-electron chi connectivity index (χ2n) is 11.3. The van der Waals surface area contributed by atoms with E-state index in [0.29, 0.717) is 10.6 Å². The minimum atomic E-state index is -1.09. The van der Waals surface area contributed by atoms with Crippen LogP contribution in [0, 0.1) is 18.8 Å². The van der Waals surface area contributed by atoms with Gasteiger partial charge in [-0.3, -0.25) is 0 Å². The number of aliphatic carboxylic acids is 1. The predicted molar refractivity (Wildman–Crippen MR) is 148 cm³/mol. The van der Waals surface area contributed by atoms with Crippen LogP contribution in [0.4, 0.5) is 5.13 Å². The van der Waals surface area contributed by atoms with Gasteiger partial charge in [-0.2, -0.15) is 0 Å². The number of benzene rings is 2. The summed E-state index contributed by atoms with van der Waals surface area (Å²) in [5.74, 6) is 0.615. The van der Waals surface area contributed by atoms with E-state index in [4.69, 9.17) is 21.3 Å². The normalized spacial score (nSPS) is 21.4. The Balaban J connectivity index is 1.65. The van der Waals surface area contributed by atoms with E-state index in [-0.39, 0.29) is 0 Å². The minimum absolute atomic E-state index is 0.620. The molecule has 3 atom stereocenters. The lowest BCUT2D eigenvalue weighted by atomic mass is 9.75. The molecule has 5 nitrogen and oxygen atoms in total. The SMILES string of the molecule is Cc1cc2nc(N3CCC4CCCCC4C3)sc2c(-c2ccc(Cl)cc2)c1C(OC(C)(C)C)C(=O)O. The lowest BCUT2D eigenvalue weighted by Gasteiger charge is -2.41. The van der Waals surface area contributed by atoms with Crippen LogP contribution in [0.15, 0.2) is 30.3 Å². The Kier molecular flexibility index (Phi) is 7.05. The van der Waals surface area contributed by atoms with Gasteiger partial charge in [0.05, 0.1) is 15.8 Å². The van der Waals surface area contributed by atoms with E-state index in [9.17, 15) is 9.90 Å². The molecule has 2 aromatic carbocycles. The maximum absolute atomic E-state index is 12.5. The van der Waals surface area contributed by atoms with Gasteiger partial charge < -0.3 is 14.7 Å². The second kappa shape index (κ2) is 9.96. The number of rotatable bonds is 5. The number of piperidine rings is 1. The Morgan fingerprint density at radius 3 is 2.53 bits per heavy atom. The van der Waals surface area contributed by atoms with Crippen molar-refractivity contribution in [2.24, 2.45) is 11.8 Å². The molecule has 0 bridgehead atoms. The molecule has 0 amide bonds. The number of anilines is 1. The second-order valence-corrected chi connectivity index (χ2v) is 12.7. The van der Waals surface area contributed by atoms with Gasteiger partial charge in [0.1, 0.15) is 0 Å². The van der Waals surface area contributed by atoms with Crippen LogP contribution in [0.1, 0.15) is 70.1 Å². The molecule has 3 aromatic rings. The van der Waals surface area contributed by atoms with Gasteiger partial charge in [0.2, 0.25) is 0 Å². The van der Waals surface area contributed by atoms with E-state index < -0.39 is 17.7 Å². The van der Waals surface area contributed by atoms with Crippen LogP contribution in [0.2, 0.25) is 5.02 Å². The highest BCUT2D eigenvalue weighted by atomic mass is 35.5. The molecule has 3 unspecified atom stereocenters. The first-order valence-electron chi connectivity index (χ1n) is 13.0. The molecule has 192 valence electrons. The van der Waals surface area contributed by atoms with E-state index in [2.05, 4.69) is 4.90 Å². The highest BCUT2D eigenvalue weighted by molar-refractivity contribution is 7.22.